The Kier molecular flexibility index (Phi) is 4.54. The number of nitrogens with one attached hydrogen (secondary N) is 1. The van der Waals surface area contributed by atoms with E-state index in [1.807, 2.05) is 6.07 Å². The highest BCUT2D eigenvalue weighted by molar-refractivity contribution is 7.98. The largest absolute Gasteiger partial charge is 0.378 e. The standard InChI is InChI=1S/C21H21N5OS/c1-28-18-5-3-2-4-15(18)17-14-20(25-10-12-27-13-11-25)23-21-16(17)7-9-26(21)19-6-8-22-24-19/h2-9,14H,10-13H2,1H3,(H,22,24). The lowest BCUT2D eigenvalue weighted by atomic mass is 10.0. The number of H-pyrrole nitrogens is 1. The molecule has 5 rings (SSSR count). The summed E-state index contributed by atoms with van der Waals surface area (Å²) in [6.07, 6.45) is 5.94. The molecule has 1 saturated heterocycles. The van der Waals surface area contributed by atoms with Crippen LogP contribution in [0, 0.1) is 0 Å². The van der Waals surface area contributed by atoms with Crippen LogP contribution in [0.1, 0.15) is 0 Å². The number of fused-ring (bicyclic) bond motifs is 1. The molecule has 0 radical (unpaired) electrons. The molecule has 6 nitrogen and oxygen atoms in total. The lowest BCUT2D eigenvalue weighted by Crippen LogP contribution is -2.36. The fourth-order valence-electron chi connectivity index (χ4n) is 3.72. The molecule has 142 valence electrons. The Balaban J connectivity index is 1.76. The smallest absolute Gasteiger partial charge is 0.148 e. The van der Waals surface area contributed by atoms with Crippen molar-refractivity contribution in [2.24, 2.45) is 0 Å². The van der Waals surface area contributed by atoms with Gasteiger partial charge in [-0.05, 0) is 35.6 Å². The van der Waals surface area contributed by atoms with Crippen molar-refractivity contribution in [1.82, 2.24) is 19.7 Å². The van der Waals surface area contributed by atoms with Crippen LogP contribution < -0.4 is 4.90 Å². The van der Waals surface area contributed by atoms with Gasteiger partial charge in [-0.25, -0.2) is 4.98 Å². The Bertz CT molecular complexity index is 1100. The van der Waals surface area contributed by atoms with Crippen molar-refractivity contribution in [2.75, 3.05) is 37.5 Å². The zero-order valence-electron chi connectivity index (χ0n) is 15.6. The van der Waals surface area contributed by atoms with Gasteiger partial charge in [-0.3, -0.25) is 9.67 Å². The summed E-state index contributed by atoms with van der Waals surface area (Å²) in [4.78, 5) is 8.60. The van der Waals surface area contributed by atoms with Gasteiger partial charge in [-0.2, -0.15) is 5.10 Å². The maximum Gasteiger partial charge on any atom is 0.148 e. The molecule has 1 fully saturated rings. The number of pyridine rings is 1. The van der Waals surface area contributed by atoms with Crippen LogP contribution in [0.15, 0.2) is 59.8 Å². The highest BCUT2D eigenvalue weighted by Crippen LogP contribution is 2.37. The second kappa shape index (κ2) is 7.33. The minimum absolute atomic E-state index is 0.734. The van der Waals surface area contributed by atoms with Gasteiger partial charge < -0.3 is 9.64 Å². The second-order valence-corrected chi connectivity index (χ2v) is 7.54. The number of benzene rings is 1. The number of thioether (sulfide) groups is 1. The number of ether oxygens (including phenoxy) is 1. The van der Waals surface area contributed by atoms with Crippen LogP contribution in [-0.4, -0.2) is 52.3 Å². The minimum atomic E-state index is 0.734. The van der Waals surface area contributed by atoms with Crippen LogP contribution in [0.2, 0.25) is 0 Å². The normalized spacial score (nSPS) is 14.7. The Morgan fingerprint density at radius 3 is 2.71 bits per heavy atom. The van der Waals surface area contributed by atoms with E-state index in [0.717, 1.165) is 49.0 Å². The summed E-state index contributed by atoms with van der Waals surface area (Å²) in [5.74, 6) is 1.90. The van der Waals surface area contributed by atoms with E-state index in [1.54, 1.807) is 18.0 Å². The van der Waals surface area contributed by atoms with E-state index in [-0.39, 0.29) is 0 Å². The Hall–Kier alpha value is -2.77. The van der Waals surface area contributed by atoms with Crippen molar-refractivity contribution in [2.45, 2.75) is 4.90 Å². The van der Waals surface area contributed by atoms with Gasteiger partial charge in [0.15, 0.2) is 0 Å². The Morgan fingerprint density at radius 1 is 1.07 bits per heavy atom. The molecule has 0 spiro atoms. The average Bonchev–Trinajstić information content (AvgIpc) is 3.43. The monoisotopic (exact) mass is 391 g/mol. The molecule has 4 heterocycles. The fraction of sp³-hybridized carbons (Fsp3) is 0.238. The van der Waals surface area contributed by atoms with E-state index >= 15 is 0 Å². The molecule has 28 heavy (non-hydrogen) atoms. The molecule has 1 aromatic carbocycles. The van der Waals surface area contributed by atoms with Gasteiger partial charge in [0.25, 0.3) is 0 Å². The lowest BCUT2D eigenvalue weighted by molar-refractivity contribution is 0.122. The van der Waals surface area contributed by atoms with E-state index in [0.29, 0.717) is 0 Å². The maximum atomic E-state index is 5.54. The quantitative estimate of drug-likeness (QED) is 0.534. The molecule has 0 amide bonds. The first kappa shape index (κ1) is 17.3. The predicted octanol–water partition coefficient (Wildman–Crippen LogP) is 3.97. The number of anilines is 1. The number of hydrogen-bond donors (Lipinski definition) is 1. The third kappa shape index (κ3) is 2.96. The van der Waals surface area contributed by atoms with Gasteiger partial charge in [0.05, 0.1) is 19.4 Å². The summed E-state index contributed by atoms with van der Waals surface area (Å²) in [5.41, 5.74) is 3.37. The van der Waals surface area contributed by atoms with Crippen molar-refractivity contribution in [3.05, 3.63) is 54.9 Å². The molecular formula is C21H21N5OS. The first-order chi connectivity index (χ1) is 13.8. The van der Waals surface area contributed by atoms with E-state index < -0.39 is 0 Å². The van der Waals surface area contributed by atoms with Crippen molar-refractivity contribution in [3.8, 4) is 16.9 Å². The van der Waals surface area contributed by atoms with Crippen molar-refractivity contribution >= 4 is 28.6 Å². The SMILES string of the molecule is CSc1ccccc1-c1cc(N2CCOCC2)nc2c1ccn2-c1ccn[nH]1. The fourth-order valence-corrected chi connectivity index (χ4v) is 4.33. The molecule has 4 aromatic rings. The third-order valence-electron chi connectivity index (χ3n) is 5.12. The third-order valence-corrected chi connectivity index (χ3v) is 5.92. The summed E-state index contributed by atoms with van der Waals surface area (Å²) in [5, 5.41) is 8.28. The number of aromatic nitrogens is 4. The van der Waals surface area contributed by atoms with Crippen LogP contribution >= 0.6 is 11.8 Å². The van der Waals surface area contributed by atoms with E-state index in [2.05, 4.69) is 68.5 Å². The molecule has 0 aliphatic carbocycles. The summed E-state index contributed by atoms with van der Waals surface area (Å²) in [7, 11) is 0. The number of morpholine rings is 1. The molecule has 0 bridgehead atoms. The first-order valence-electron chi connectivity index (χ1n) is 9.33. The summed E-state index contributed by atoms with van der Waals surface area (Å²) in [6.45, 7) is 3.18. The minimum Gasteiger partial charge on any atom is -0.378 e. The molecular weight excluding hydrogens is 370 g/mol. The van der Waals surface area contributed by atoms with Crippen LogP contribution in [0.25, 0.3) is 28.0 Å². The molecule has 3 aromatic heterocycles. The average molecular weight is 392 g/mol. The molecule has 7 heteroatoms. The highest BCUT2D eigenvalue weighted by Gasteiger charge is 2.19. The number of nitrogens with zero attached hydrogens (tertiary/aromatic N) is 4. The van der Waals surface area contributed by atoms with Crippen LogP contribution in [0.3, 0.4) is 0 Å². The van der Waals surface area contributed by atoms with E-state index in [9.17, 15) is 0 Å². The summed E-state index contributed by atoms with van der Waals surface area (Å²) in [6, 6.07) is 14.9. The number of rotatable bonds is 4. The van der Waals surface area contributed by atoms with Crippen molar-refractivity contribution in [3.63, 3.8) is 0 Å². The summed E-state index contributed by atoms with van der Waals surface area (Å²) < 4.78 is 7.60. The Morgan fingerprint density at radius 2 is 1.93 bits per heavy atom. The van der Waals surface area contributed by atoms with Crippen molar-refractivity contribution < 1.29 is 4.74 Å². The maximum absolute atomic E-state index is 5.54. The van der Waals surface area contributed by atoms with E-state index in [1.165, 1.54) is 16.0 Å². The molecule has 1 aliphatic heterocycles. The zero-order valence-corrected chi connectivity index (χ0v) is 16.4. The Labute approximate surface area is 167 Å². The van der Waals surface area contributed by atoms with E-state index in [4.69, 9.17) is 9.72 Å². The van der Waals surface area contributed by atoms with Crippen LogP contribution in [-0.2, 0) is 4.74 Å². The second-order valence-electron chi connectivity index (χ2n) is 6.69. The molecule has 1 N–H and O–H groups in total. The molecule has 0 saturated carbocycles. The van der Waals surface area contributed by atoms with Crippen molar-refractivity contribution in [1.29, 1.82) is 0 Å². The summed E-state index contributed by atoms with van der Waals surface area (Å²) >= 11 is 1.77. The lowest BCUT2D eigenvalue weighted by Gasteiger charge is -2.28. The van der Waals surface area contributed by atoms with Crippen LogP contribution in [0.5, 0.6) is 0 Å². The first-order valence-corrected chi connectivity index (χ1v) is 10.6. The highest BCUT2D eigenvalue weighted by atomic mass is 32.2. The molecule has 1 aliphatic rings. The zero-order chi connectivity index (χ0) is 18.9. The van der Waals surface area contributed by atoms with Gasteiger partial charge in [0, 0.05) is 35.6 Å². The van der Waals surface area contributed by atoms with Gasteiger partial charge in [-0.1, -0.05) is 18.2 Å². The predicted molar refractivity (Wildman–Crippen MR) is 113 cm³/mol. The number of aromatic amines is 1. The van der Waals surface area contributed by atoms with Gasteiger partial charge >= 0.3 is 0 Å². The van der Waals surface area contributed by atoms with Gasteiger partial charge in [0.2, 0.25) is 0 Å². The van der Waals surface area contributed by atoms with Gasteiger partial charge in [0.1, 0.15) is 17.3 Å². The topological polar surface area (TPSA) is 59.0 Å². The molecule has 0 atom stereocenters. The van der Waals surface area contributed by atoms with Gasteiger partial charge in [-0.15, -0.1) is 11.8 Å². The number of hydrogen-bond acceptors (Lipinski definition) is 5. The molecule has 0 unspecified atom stereocenters. The van der Waals surface area contributed by atoms with Crippen LogP contribution in [0.4, 0.5) is 5.82 Å².